The minimum atomic E-state index is 0.320. The van der Waals surface area contributed by atoms with Crippen LogP contribution in [0.2, 0.25) is 0 Å². The van der Waals surface area contributed by atoms with Crippen LogP contribution in [-0.4, -0.2) is 48.2 Å². The maximum Gasteiger partial charge on any atom is 0.226 e. The number of nitrogens with zero attached hydrogens (tertiary/aromatic N) is 2. The molecule has 3 fully saturated rings. The molecule has 4 nitrogen and oxygen atoms in total. The van der Waals surface area contributed by atoms with E-state index in [1.54, 1.807) is 0 Å². The Morgan fingerprint density at radius 3 is 2.44 bits per heavy atom. The highest BCUT2D eigenvalue weighted by Gasteiger charge is 2.59. The summed E-state index contributed by atoms with van der Waals surface area (Å²) in [5.41, 5.74) is 0.326. The van der Waals surface area contributed by atoms with Gasteiger partial charge in [-0.2, -0.15) is 0 Å². The first-order valence-corrected chi connectivity index (χ1v) is 6.29. The number of carbonyl (C=O) groups is 1. The number of piperidine rings is 1. The average Bonchev–Trinajstić information content (AvgIpc) is 2.91. The number of carbonyl (C=O) groups excluding carboxylic acids is 1. The van der Waals surface area contributed by atoms with E-state index in [-0.39, 0.29) is 0 Å². The lowest BCUT2D eigenvalue weighted by Gasteiger charge is -2.34. The van der Waals surface area contributed by atoms with Gasteiger partial charge in [0.05, 0.1) is 6.34 Å². The fraction of sp³-hybridized carbons (Fsp3) is 0.833. The van der Waals surface area contributed by atoms with Gasteiger partial charge in [-0.1, -0.05) is 0 Å². The monoisotopic (exact) mass is 221 g/mol. The van der Waals surface area contributed by atoms with Crippen LogP contribution in [0.5, 0.6) is 0 Å². The molecule has 2 aliphatic heterocycles. The van der Waals surface area contributed by atoms with Gasteiger partial charge in [-0.05, 0) is 31.1 Å². The second kappa shape index (κ2) is 3.47. The van der Waals surface area contributed by atoms with Gasteiger partial charge < -0.3 is 9.80 Å². The first-order valence-electron chi connectivity index (χ1n) is 6.29. The van der Waals surface area contributed by atoms with Gasteiger partial charge in [-0.15, -0.1) is 0 Å². The van der Waals surface area contributed by atoms with Crippen LogP contribution in [0.1, 0.15) is 25.7 Å². The summed E-state index contributed by atoms with van der Waals surface area (Å²) in [4.78, 5) is 16.1. The van der Waals surface area contributed by atoms with Crippen molar-refractivity contribution in [3.63, 3.8) is 0 Å². The van der Waals surface area contributed by atoms with E-state index < -0.39 is 0 Å². The topological polar surface area (TPSA) is 47.4 Å². The normalized spacial score (nSPS) is 31.1. The molecule has 1 atom stereocenters. The van der Waals surface area contributed by atoms with Crippen molar-refractivity contribution in [1.82, 2.24) is 9.80 Å². The summed E-state index contributed by atoms with van der Waals surface area (Å²) in [6.45, 7) is 3.90. The van der Waals surface area contributed by atoms with Crippen molar-refractivity contribution in [2.75, 3.05) is 26.2 Å². The fourth-order valence-electron chi connectivity index (χ4n) is 3.10. The second-order valence-corrected chi connectivity index (χ2v) is 5.46. The predicted molar refractivity (Wildman–Crippen MR) is 61.3 cm³/mol. The summed E-state index contributed by atoms with van der Waals surface area (Å²) >= 11 is 0. The lowest BCUT2D eigenvalue weighted by molar-refractivity contribution is -0.137. The SMILES string of the molecule is N=CN1CCC2(CC1)CC2C(=O)N1CCC1. The quantitative estimate of drug-likeness (QED) is 0.557. The molecule has 4 heteroatoms. The van der Waals surface area contributed by atoms with Crippen LogP contribution >= 0.6 is 0 Å². The largest absolute Gasteiger partial charge is 0.363 e. The molecule has 0 bridgehead atoms. The number of amides is 1. The van der Waals surface area contributed by atoms with Crippen molar-refractivity contribution in [3.8, 4) is 0 Å². The van der Waals surface area contributed by atoms with Gasteiger partial charge in [0, 0.05) is 32.1 Å². The number of hydrogen-bond acceptors (Lipinski definition) is 2. The molecule has 1 N–H and O–H groups in total. The summed E-state index contributed by atoms with van der Waals surface area (Å²) < 4.78 is 0. The molecule has 1 amide bonds. The molecule has 1 aliphatic carbocycles. The summed E-state index contributed by atoms with van der Waals surface area (Å²) in [6.07, 6.45) is 5.93. The molecule has 1 unspecified atom stereocenters. The van der Waals surface area contributed by atoms with E-state index in [9.17, 15) is 4.79 Å². The first-order chi connectivity index (χ1) is 7.75. The van der Waals surface area contributed by atoms with Gasteiger partial charge in [0.15, 0.2) is 0 Å². The van der Waals surface area contributed by atoms with E-state index in [4.69, 9.17) is 5.41 Å². The van der Waals surface area contributed by atoms with Crippen molar-refractivity contribution in [3.05, 3.63) is 0 Å². The third-order valence-corrected chi connectivity index (χ3v) is 4.63. The highest BCUT2D eigenvalue weighted by atomic mass is 16.2. The van der Waals surface area contributed by atoms with Crippen molar-refractivity contribution >= 4 is 12.2 Å². The van der Waals surface area contributed by atoms with E-state index in [1.807, 2.05) is 4.90 Å². The van der Waals surface area contributed by atoms with Crippen molar-refractivity contribution in [2.45, 2.75) is 25.7 Å². The van der Waals surface area contributed by atoms with Crippen LogP contribution < -0.4 is 0 Å². The van der Waals surface area contributed by atoms with Crippen LogP contribution in [0.3, 0.4) is 0 Å². The molecule has 0 radical (unpaired) electrons. The Morgan fingerprint density at radius 2 is 1.94 bits per heavy atom. The minimum Gasteiger partial charge on any atom is -0.363 e. The van der Waals surface area contributed by atoms with Crippen LogP contribution in [0, 0.1) is 16.7 Å². The zero-order chi connectivity index (χ0) is 11.2. The molecule has 2 saturated heterocycles. The average molecular weight is 221 g/mol. The standard InChI is InChI=1S/C12H19N3O/c13-9-14-6-2-12(3-7-14)8-10(12)11(16)15-4-1-5-15/h9-10,13H,1-8H2. The zero-order valence-corrected chi connectivity index (χ0v) is 9.61. The second-order valence-electron chi connectivity index (χ2n) is 5.46. The Hall–Kier alpha value is -1.06. The number of nitrogens with one attached hydrogen (secondary N) is 1. The van der Waals surface area contributed by atoms with E-state index >= 15 is 0 Å². The summed E-state index contributed by atoms with van der Waals surface area (Å²) in [7, 11) is 0. The molecule has 0 aromatic rings. The van der Waals surface area contributed by atoms with Gasteiger partial charge in [-0.25, -0.2) is 0 Å². The lowest BCUT2D eigenvalue weighted by atomic mass is 9.90. The molecule has 1 saturated carbocycles. The van der Waals surface area contributed by atoms with Crippen molar-refractivity contribution in [2.24, 2.45) is 11.3 Å². The van der Waals surface area contributed by atoms with E-state index in [0.29, 0.717) is 17.2 Å². The molecule has 0 aromatic carbocycles. The highest BCUT2D eigenvalue weighted by molar-refractivity contribution is 5.83. The first kappa shape index (κ1) is 10.1. The third kappa shape index (κ3) is 1.43. The zero-order valence-electron chi connectivity index (χ0n) is 9.61. The molecule has 2 heterocycles. The van der Waals surface area contributed by atoms with Gasteiger partial charge in [0.1, 0.15) is 0 Å². The maximum atomic E-state index is 12.1. The number of hydrogen-bond donors (Lipinski definition) is 1. The van der Waals surface area contributed by atoms with Crippen LogP contribution in [-0.2, 0) is 4.79 Å². The third-order valence-electron chi connectivity index (χ3n) is 4.63. The number of likely N-dealkylation sites (tertiary alicyclic amines) is 2. The molecular weight excluding hydrogens is 202 g/mol. The maximum absolute atomic E-state index is 12.1. The van der Waals surface area contributed by atoms with Gasteiger partial charge in [0.2, 0.25) is 5.91 Å². The Balaban J connectivity index is 1.58. The van der Waals surface area contributed by atoms with Gasteiger partial charge >= 0.3 is 0 Å². The van der Waals surface area contributed by atoms with Crippen LogP contribution in [0.15, 0.2) is 0 Å². The van der Waals surface area contributed by atoms with Gasteiger partial charge in [0.25, 0.3) is 0 Å². The number of rotatable bonds is 2. The molecule has 0 aromatic heterocycles. The Morgan fingerprint density at radius 1 is 1.25 bits per heavy atom. The highest BCUT2D eigenvalue weighted by Crippen LogP contribution is 2.60. The summed E-state index contributed by atoms with van der Waals surface area (Å²) in [6, 6.07) is 0. The molecule has 1 spiro atoms. The smallest absolute Gasteiger partial charge is 0.226 e. The van der Waals surface area contributed by atoms with Crippen LogP contribution in [0.4, 0.5) is 0 Å². The summed E-state index contributed by atoms with van der Waals surface area (Å²) in [5.74, 6) is 0.732. The van der Waals surface area contributed by atoms with E-state index in [2.05, 4.69) is 4.90 Å². The minimum absolute atomic E-state index is 0.320. The van der Waals surface area contributed by atoms with E-state index in [1.165, 1.54) is 12.8 Å². The lowest BCUT2D eigenvalue weighted by Crippen LogP contribution is -2.44. The predicted octanol–water partition coefficient (Wildman–Crippen LogP) is 0.928. The fourth-order valence-corrected chi connectivity index (χ4v) is 3.10. The van der Waals surface area contributed by atoms with Crippen molar-refractivity contribution < 1.29 is 4.79 Å². The molecular formula is C12H19N3O. The molecule has 88 valence electrons. The molecule has 3 rings (SSSR count). The van der Waals surface area contributed by atoms with Gasteiger partial charge in [-0.3, -0.25) is 10.2 Å². The van der Waals surface area contributed by atoms with E-state index in [0.717, 1.165) is 45.4 Å². The van der Waals surface area contributed by atoms with Crippen LogP contribution in [0.25, 0.3) is 0 Å². The Bertz CT molecular complexity index is 316. The Kier molecular flexibility index (Phi) is 2.19. The summed E-state index contributed by atoms with van der Waals surface area (Å²) in [5, 5.41) is 7.21. The molecule has 16 heavy (non-hydrogen) atoms. The van der Waals surface area contributed by atoms with Crippen molar-refractivity contribution in [1.29, 1.82) is 5.41 Å². The Labute approximate surface area is 96.1 Å². The molecule has 3 aliphatic rings.